The van der Waals surface area contributed by atoms with Gasteiger partial charge < -0.3 is 0 Å². The zero-order valence-electron chi connectivity index (χ0n) is 14.3. The second kappa shape index (κ2) is 5.35. The van der Waals surface area contributed by atoms with Crippen molar-refractivity contribution < 1.29 is 0 Å². The molecule has 2 aliphatic heterocycles. The van der Waals surface area contributed by atoms with Crippen molar-refractivity contribution in [1.82, 2.24) is 9.97 Å². The number of benzene rings is 2. The van der Waals surface area contributed by atoms with Crippen molar-refractivity contribution in [2.24, 2.45) is 0 Å². The van der Waals surface area contributed by atoms with Crippen LogP contribution in [-0.4, -0.2) is 9.97 Å². The van der Waals surface area contributed by atoms with Crippen molar-refractivity contribution in [3.8, 4) is 22.3 Å². The first-order valence-electron chi connectivity index (χ1n) is 8.80. The predicted molar refractivity (Wildman–Crippen MR) is 115 cm³/mol. The van der Waals surface area contributed by atoms with Gasteiger partial charge in [0.2, 0.25) is 0 Å². The van der Waals surface area contributed by atoms with Crippen LogP contribution in [0.5, 0.6) is 0 Å². The zero-order valence-corrected chi connectivity index (χ0v) is 16.0. The average Bonchev–Trinajstić information content (AvgIpc) is 2.74. The van der Waals surface area contributed by atoms with Crippen LogP contribution in [0.2, 0.25) is 0 Å². The molecule has 6 rings (SSSR count). The quantitative estimate of drug-likeness (QED) is 0.414. The van der Waals surface area contributed by atoms with Gasteiger partial charge in [-0.15, -0.1) is 0 Å². The summed E-state index contributed by atoms with van der Waals surface area (Å²) in [7, 11) is 0. The highest BCUT2D eigenvalue weighted by atomic mass is 32.4. The van der Waals surface area contributed by atoms with Crippen LogP contribution in [-0.2, 0) is 11.8 Å². The van der Waals surface area contributed by atoms with Crippen LogP contribution in [0.3, 0.4) is 0 Å². The SMILES string of the molecule is S=P12c3ccccc3-c3cnccc3N1c1ncccc1-c1ccccc12. The van der Waals surface area contributed by atoms with Crippen molar-refractivity contribution >= 4 is 40.1 Å². The maximum atomic E-state index is 6.57. The van der Waals surface area contributed by atoms with Gasteiger partial charge in [0, 0.05) is 40.3 Å². The molecule has 0 saturated carbocycles. The van der Waals surface area contributed by atoms with Gasteiger partial charge in [0.1, 0.15) is 5.82 Å². The lowest BCUT2D eigenvalue weighted by Crippen LogP contribution is -2.37. The fourth-order valence-electron chi connectivity index (χ4n) is 4.23. The molecule has 0 saturated heterocycles. The van der Waals surface area contributed by atoms with E-state index in [1.54, 1.807) is 0 Å². The third-order valence-corrected chi connectivity index (χ3v) is 10.1. The van der Waals surface area contributed by atoms with Crippen molar-refractivity contribution in [3.63, 3.8) is 0 Å². The topological polar surface area (TPSA) is 29.0 Å². The van der Waals surface area contributed by atoms with E-state index in [1.165, 1.54) is 21.7 Å². The first-order valence-corrected chi connectivity index (χ1v) is 11.6. The Kier molecular flexibility index (Phi) is 3.03. The van der Waals surface area contributed by atoms with Crippen molar-refractivity contribution in [3.05, 3.63) is 85.3 Å². The van der Waals surface area contributed by atoms with Gasteiger partial charge in [-0.25, -0.2) is 4.98 Å². The van der Waals surface area contributed by atoms with E-state index in [9.17, 15) is 0 Å². The number of nitrogens with zero attached hydrogens (tertiary/aromatic N) is 3. The normalized spacial score (nSPS) is 18.6. The molecule has 1 atom stereocenters. The second-order valence-corrected chi connectivity index (χ2v) is 10.8. The van der Waals surface area contributed by atoms with E-state index in [4.69, 9.17) is 16.8 Å². The van der Waals surface area contributed by atoms with E-state index < -0.39 is 6.19 Å². The lowest BCUT2D eigenvalue weighted by molar-refractivity contribution is 1.22. The summed E-state index contributed by atoms with van der Waals surface area (Å²) in [5.41, 5.74) is 5.74. The van der Waals surface area contributed by atoms with Gasteiger partial charge in [-0.05, 0) is 29.3 Å². The van der Waals surface area contributed by atoms with Crippen LogP contribution < -0.4 is 15.3 Å². The van der Waals surface area contributed by atoms with Gasteiger partial charge in [0.05, 0.1) is 11.9 Å². The van der Waals surface area contributed by atoms with E-state index in [0.29, 0.717) is 0 Å². The summed E-state index contributed by atoms with van der Waals surface area (Å²) in [6.45, 7) is 0. The minimum Gasteiger partial charge on any atom is -0.288 e. The number of anilines is 2. The highest BCUT2D eigenvalue weighted by Crippen LogP contribution is 2.65. The number of hydrogen-bond acceptors (Lipinski definition) is 3. The largest absolute Gasteiger partial charge is 0.288 e. The molecule has 2 aromatic carbocycles. The molecule has 5 heteroatoms. The number of fused-ring (bicyclic) bond motifs is 11. The average molecular weight is 383 g/mol. The van der Waals surface area contributed by atoms with E-state index in [0.717, 1.165) is 22.6 Å². The summed E-state index contributed by atoms with van der Waals surface area (Å²) < 4.78 is 2.32. The number of rotatable bonds is 0. The van der Waals surface area contributed by atoms with E-state index in [1.807, 2.05) is 24.7 Å². The van der Waals surface area contributed by atoms with E-state index >= 15 is 0 Å². The first kappa shape index (κ1) is 15.3. The minimum absolute atomic E-state index is 0.946. The molecule has 4 heterocycles. The Morgan fingerprint density at radius 2 is 1.37 bits per heavy atom. The highest BCUT2D eigenvalue weighted by Gasteiger charge is 2.44. The molecule has 0 radical (unpaired) electrons. The molecule has 4 aromatic rings. The molecule has 1 unspecified atom stereocenters. The summed E-state index contributed by atoms with van der Waals surface area (Å²) in [5.74, 6) is 0.946. The van der Waals surface area contributed by atoms with Crippen LogP contribution in [0.4, 0.5) is 11.5 Å². The maximum absolute atomic E-state index is 6.57. The molecule has 128 valence electrons. The standard InChI is InChI=1S/C22H14N3PS/c27-26-20-9-3-1-6-15(20)17-8-5-12-24-22(17)25(26)19-11-13-23-14-18(19)16-7-2-4-10-21(16)26/h1-14H. The Balaban J connectivity index is 1.84. The van der Waals surface area contributed by atoms with Crippen LogP contribution in [0.25, 0.3) is 22.3 Å². The van der Waals surface area contributed by atoms with Gasteiger partial charge in [0.25, 0.3) is 0 Å². The summed E-state index contributed by atoms with van der Waals surface area (Å²) >= 11 is 6.57. The minimum atomic E-state index is -2.29. The summed E-state index contributed by atoms with van der Waals surface area (Å²) in [4.78, 5) is 9.17. The molecular formula is C22H14N3PS. The molecular weight excluding hydrogens is 369 g/mol. The molecule has 0 amide bonds. The van der Waals surface area contributed by atoms with E-state index in [2.05, 4.69) is 70.3 Å². The van der Waals surface area contributed by atoms with Crippen molar-refractivity contribution in [1.29, 1.82) is 0 Å². The Morgan fingerprint density at radius 1 is 0.704 bits per heavy atom. The Bertz CT molecular complexity index is 1190. The highest BCUT2D eigenvalue weighted by molar-refractivity contribution is 8.23. The molecule has 0 spiro atoms. The molecule has 2 aromatic heterocycles. The molecule has 0 fully saturated rings. The third-order valence-electron chi connectivity index (χ3n) is 5.34. The fraction of sp³-hybridized carbons (Fsp3) is 0. The Labute approximate surface area is 162 Å². The monoisotopic (exact) mass is 383 g/mol. The van der Waals surface area contributed by atoms with Crippen LogP contribution in [0.15, 0.2) is 85.3 Å². The number of hydrogen-bond donors (Lipinski definition) is 0. The maximum Gasteiger partial charge on any atom is 0.145 e. The smallest absolute Gasteiger partial charge is 0.145 e. The fourth-order valence-corrected chi connectivity index (χ4v) is 8.90. The Morgan fingerprint density at radius 3 is 2.15 bits per heavy atom. The van der Waals surface area contributed by atoms with Gasteiger partial charge in [-0.2, -0.15) is 0 Å². The Hall–Kier alpha value is -2.81. The van der Waals surface area contributed by atoms with Crippen LogP contribution in [0, 0.1) is 0 Å². The van der Waals surface area contributed by atoms with Crippen LogP contribution in [0.1, 0.15) is 0 Å². The molecule has 3 nitrogen and oxygen atoms in total. The number of pyridine rings is 2. The molecule has 0 N–H and O–H groups in total. The first-order chi connectivity index (χ1) is 13.3. The lowest BCUT2D eigenvalue weighted by Gasteiger charge is -2.46. The van der Waals surface area contributed by atoms with Gasteiger partial charge in [-0.1, -0.05) is 60.3 Å². The number of aromatic nitrogens is 2. The molecule has 0 bridgehead atoms. The van der Waals surface area contributed by atoms with Crippen LogP contribution >= 0.6 is 6.19 Å². The molecule has 0 aliphatic carbocycles. The lowest BCUT2D eigenvalue weighted by atomic mass is 10.0. The van der Waals surface area contributed by atoms with Crippen molar-refractivity contribution in [2.75, 3.05) is 4.67 Å². The second-order valence-electron chi connectivity index (χ2n) is 6.69. The van der Waals surface area contributed by atoms with E-state index in [-0.39, 0.29) is 0 Å². The zero-order chi connectivity index (χ0) is 18.0. The third kappa shape index (κ3) is 1.84. The van der Waals surface area contributed by atoms with Gasteiger partial charge in [-0.3, -0.25) is 9.65 Å². The van der Waals surface area contributed by atoms with Crippen molar-refractivity contribution in [2.45, 2.75) is 0 Å². The summed E-state index contributed by atoms with van der Waals surface area (Å²) in [6.07, 6.45) is 3.35. The molecule has 2 aliphatic rings. The van der Waals surface area contributed by atoms with Gasteiger partial charge in [0.15, 0.2) is 0 Å². The predicted octanol–water partition coefficient (Wildman–Crippen LogP) is 4.62. The summed E-state index contributed by atoms with van der Waals surface area (Å²) in [5, 5.41) is 2.44. The summed E-state index contributed by atoms with van der Waals surface area (Å²) in [6, 6.07) is 23.3. The van der Waals surface area contributed by atoms with Gasteiger partial charge >= 0.3 is 0 Å². The molecule has 27 heavy (non-hydrogen) atoms.